The first-order valence-electron chi connectivity index (χ1n) is 7.23. The highest BCUT2D eigenvalue weighted by Crippen LogP contribution is 2.19. The molecule has 0 aromatic heterocycles. The number of anilines is 1. The molecule has 2 aromatic rings. The van der Waals surface area contributed by atoms with Gasteiger partial charge in [0.05, 0.1) is 0 Å². The Hall–Kier alpha value is -2.03. The van der Waals surface area contributed by atoms with Gasteiger partial charge in [-0.2, -0.15) is 0 Å². The zero-order chi connectivity index (χ0) is 14.4. The Kier molecular flexibility index (Phi) is 4.99. The molecule has 0 aliphatic rings. The first kappa shape index (κ1) is 14.4. The third-order valence-corrected chi connectivity index (χ3v) is 3.36. The first-order chi connectivity index (χ1) is 9.70. The fraction of sp³-hybridized carbons (Fsp3) is 0.353. The molecule has 0 aliphatic carbocycles. The second-order valence-electron chi connectivity index (χ2n) is 5.07. The van der Waals surface area contributed by atoms with Crippen molar-refractivity contribution in [2.75, 3.05) is 11.9 Å². The molecule has 1 unspecified atom stereocenters. The summed E-state index contributed by atoms with van der Waals surface area (Å²) in [6.07, 6.45) is 2.11. The summed E-state index contributed by atoms with van der Waals surface area (Å²) in [5.41, 5.74) is 0.974. The Morgan fingerprint density at radius 1 is 1.15 bits per heavy atom. The Bertz CT molecular complexity index is 580. The van der Waals surface area contributed by atoms with E-state index in [9.17, 15) is 4.79 Å². The van der Waals surface area contributed by atoms with Crippen molar-refractivity contribution in [3.63, 3.8) is 0 Å². The van der Waals surface area contributed by atoms with Crippen LogP contribution in [0.2, 0.25) is 0 Å². The number of carbonyl (C=O) groups excluding carboxylic acids is 1. The Morgan fingerprint density at radius 3 is 2.65 bits per heavy atom. The van der Waals surface area contributed by atoms with Gasteiger partial charge in [-0.25, -0.2) is 0 Å². The van der Waals surface area contributed by atoms with Gasteiger partial charge in [0.2, 0.25) is 5.91 Å². The van der Waals surface area contributed by atoms with Crippen LogP contribution in [-0.2, 0) is 4.79 Å². The van der Waals surface area contributed by atoms with Crippen LogP contribution in [0.3, 0.4) is 0 Å². The summed E-state index contributed by atoms with van der Waals surface area (Å²) >= 11 is 0. The summed E-state index contributed by atoms with van der Waals surface area (Å²) in [5, 5.41) is 8.57. The molecule has 0 saturated heterocycles. The first-order valence-corrected chi connectivity index (χ1v) is 7.23. The van der Waals surface area contributed by atoms with E-state index in [2.05, 4.69) is 41.8 Å². The lowest BCUT2D eigenvalue weighted by Crippen LogP contribution is -2.37. The van der Waals surface area contributed by atoms with Crippen LogP contribution in [0.5, 0.6) is 0 Å². The maximum absolute atomic E-state index is 11.9. The van der Waals surface area contributed by atoms with Gasteiger partial charge in [-0.3, -0.25) is 4.79 Å². The molecular weight excluding hydrogens is 248 g/mol. The number of amides is 1. The van der Waals surface area contributed by atoms with Gasteiger partial charge in [0, 0.05) is 12.2 Å². The van der Waals surface area contributed by atoms with Crippen LogP contribution in [-0.4, -0.2) is 18.5 Å². The largest absolute Gasteiger partial charge is 0.374 e. The SMILES string of the molecule is CCCCNC(=O)C(C)Nc1ccc2ccccc2c1. The van der Waals surface area contributed by atoms with Gasteiger partial charge in [-0.15, -0.1) is 0 Å². The number of carbonyl (C=O) groups is 1. The number of unbranched alkanes of at least 4 members (excludes halogenated alkanes) is 1. The minimum Gasteiger partial charge on any atom is -0.374 e. The van der Waals surface area contributed by atoms with Crippen molar-refractivity contribution in [2.45, 2.75) is 32.7 Å². The van der Waals surface area contributed by atoms with E-state index in [1.807, 2.05) is 25.1 Å². The quantitative estimate of drug-likeness (QED) is 0.788. The molecule has 0 radical (unpaired) electrons. The third kappa shape index (κ3) is 3.73. The predicted octanol–water partition coefficient (Wildman–Crippen LogP) is 3.56. The molecule has 2 aromatic carbocycles. The van der Waals surface area contributed by atoms with Crippen LogP contribution >= 0.6 is 0 Å². The Labute approximate surface area is 120 Å². The van der Waals surface area contributed by atoms with Crippen molar-refractivity contribution in [3.8, 4) is 0 Å². The maximum atomic E-state index is 11.9. The molecule has 1 amide bonds. The minimum absolute atomic E-state index is 0.0478. The topological polar surface area (TPSA) is 41.1 Å². The molecule has 3 heteroatoms. The second-order valence-corrected chi connectivity index (χ2v) is 5.07. The zero-order valence-electron chi connectivity index (χ0n) is 12.1. The van der Waals surface area contributed by atoms with Gasteiger partial charge in [0.25, 0.3) is 0 Å². The highest BCUT2D eigenvalue weighted by molar-refractivity contribution is 5.88. The molecule has 106 valence electrons. The summed E-state index contributed by atoms with van der Waals surface area (Å²) in [4.78, 5) is 11.9. The number of nitrogens with one attached hydrogen (secondary N) is 2. The Morgan fingerprint density at radius 2 is 1.90 bits per heavy atom. The van der Waals surface area contributed by atoms with E-state index in [0.717, 1.165) is 25.1 Å². The summed E-state index contributed by atoms with van der Waals surface area (Å²) < 4.78 is 0. The van der Waals surface area contributed by atoms with Crippen LogP contribution in [0, 0.1) is 0 Å². The third-order valence-electron chi connectivity index (χ3n) is 3.36. The number of hydrogen-bond donors (Lipinski definition) is 2. The Balaban J connectivity index is 1.98. The molecule has 0 fully saturated rings. The molecule has 0 saturated carbocycles. The second kappa shape index (κ2) is 6.94. The van der Waals surface area contributed by atoms with Crippen molar-refractivity contribution in [3.05, 3.63) is 42.5 Å². The van der Waals surface area contributed by atoms with E-state index in [1.165, 1.54) is 10.8 Å². The molecule has 3 nitrogen and oxygen atoms in total. The minimum atomic E-state index is -0.229. The van der Waals surface area contributed by atoms with E-state index in [-0.39, 0.29) is 11.9 Å². The zero-order valence-corrected chi connectivity index (χ0v) is 12.1. The molecule has 0 bridgehead atoms. The van der Waals surface area contributed by atoms with Crippen LogP contribution in [0.15, 0.2) is 42.5 Å². The van der Waals surface area contributed by atoms with Gasteiger partial charge in [-0.05, 0) is 36.2 Å². The monoisotopic (exact) mass is 270 g/mol. The van der Waals surface area contributed by atoms with Gasteiger partial charge in [0.15, 0.2) is 0 Å². The molecule has 2 rings (SSSR count). The van der Waals surface area contributed by atoms with Crippen LogP contribution < -0.4 is 10.6 Å². The van der Waals surface area contributed by atoms with E-state index >= 15 is 0 Å². The highest BCUT2D eigenvalue weighted by atomic mass is 16.2. The van der Waals surface area contributed by atoms with Crippen LogP contribution in [0.4, 0.5) is 5.69 Å². The molecule has 0 spiro atoms. The normalized spacial score (nSPS) is 12.1. The standard InChI is InChI=1S/C17H22N2O/c1-3-4-11-18-17(20)13(2)19-16-10-9-14-7-5-6-8-15(14)12-16/h5-10,12-13,19H,3-4,11H2,1-2H3,(H,18,20). The predicted molar refractivity (Wildman–Crippen MR) is 85.0 cm³/mol. The van der Waals surface area contributed by atoms with Crippen molar-refractivity contribution in [1.29, 1.82) is 0 Å². The fourth-order valence-electron chi connectivity index (χ4n) is 2.14. The summed E-state index contributed by atoms with van der Waals surface area (Å²) in [5.74, 6) is 0.0478. The van der Waals surface area contributed by atoms with E-state index < -0.39 is 0 Å². The van der Waals surface area contributed by atoms with Crippen LogP contribution in [0.25, 0.3) is 10.8 Å². The fourth-order valence-corrected chi connectivity index (χ4v) is 2.14. The van der Waals surface area contributed by atoms with Gasteiger partial charge < -0.3 is 10.6 Å². The maximum Gasteiger partial charge on any atom is 0.242 e. The lowest BCUT2D eigenvalue weighted by atomic mass is 10.1. The van der Waals surface area contributed by atoms with E-state index in [0.29, 0.717) is 0 Å². The van der Waals surface area contributed by atoms with Crippen molar-refractivity contribution >= 4 is 22.4 Å². The summed E-state index contributed by atoms with van der Waals surface area (Å²) in [6.45, 7) is 4.75. The molecule has 0 aliphatic heterocycles. The smallest absolute Gasteiger partial charge is 0.242 e. The molecule has 1 atom stereocenters. The number of benzene rings is 2. The average Bonchev–Trinajstić information content (AvgIpc) is 2.47. The molecule has 20 heavy (non-hydrogen) atoms. The number of fused-ring (bicyclic) bond motifs is 1. The highest BCUT2D eigenvalue weighted by Gasteiger charge is 2.11. The molecule has 2 N–H and O–H groups in total. The number of hydrogen-bond acceptors (Lipinski definition) is 2. The van der Waals surface area contributed by atoms with Crippen molar-refractivity contribution < 1.29 is 4.79 Å². The van der Waals surface area contributed by atoms with Crippen LogP contribution in [0.1, 0.15) is 26.7 Å². The molecule has 0 heterocycles. The van der Waals surface area contributed by atoms with Gasteiger partial charge in [0.1, 0.15) is 6.04 Å². The van der Waals surface area contributed by atoms with E-state index in [4.69, 9.17) is 0 Å². The lowest BCUT2D eigenvalue weighted by molar-refractivity contribution is -0.121. The molecular formula is C17H22N2O. The van der Waals surface area contributed by atoms with Crippen molar-refractivity contribution in [2.24, 2.45) is 0 Å². The van der Waals surface area contributed by atoms with Gasteiger partial charge in [-0.1, -0.05) is 43.7 Å². The summed E-state index contributed by atoms with van der Waals surface area (Å²) in [7, 11) is 0. The summed E-state index contributed by atoms with van der Waals surface area (Å²) in [6, 6.07) is 14.1. The lowest BCUT2D eigenvalue weighted by Gasteiger charge is -2.15. The van der Waals surface area contributed by atoms with Gasteiger partial charge >= 0.3 is 0 Å². The van der Waals surface area contributed by atoms with E-state index in [1.54, 1.807) is 0 Å². The number of rotatable bonds is 6. The average molecular weight is 270 g/mol. The van der Waals surface area contributed by atoms with Crippen molar-refractivity contribution in [1.82, 2.24) is 5.32 Å².